The van der Waals surface area contributed by atoms with Crippen molar-refractivity contribution in [3.63, 3.8) is 0 Å². The van der Waals surface area contributed by atoms with Crippen LogP contribution in [0.15, 0.2) is 10.7 Å². The number of aromatic nitrogens is 2. The molecule has 0 aliphatic heterocycles. The highest BCUT2D eigenvalue weighted by Crippen LogP contribution is 2.26. The maximum Gasteiger partial charge on any atom is 0.0709 e. The molecule has 0 radical (unpaired) electrons. The van der Waals surface area contributed by atoms with Gasteiger partial charge in [0.25, 0.3) is 0 Å². The fourth-order valence-electron chi connectivity index (χ4n) is 1.90. The van der Waals surface area contributed by atoms with Crippen molar-refractivity contribution in [3.8, 4) is 0 Å². The lowest BCUT2D eigenvalue weighted by Crippen LogP contribution is -2.31. The monoisotopic (exact) mass is 317 g/mol. The summed E-state index contributed by atoms with van der Waals surface area (Å²) in [7, 11) is 4.13. The number of hydrogen-bond donors (Lipinski definition) is 2. The molecular formula is C12H24BrN5. The molecule has 104 valence electrons. The van der Waals surface area contributed by atoms with Crippen LogP contribution in [0.4, 0.5) is 0 Å². The first-order valence-corrected chi connectivity index (χ1v) is 7.21. The Morgan fingerprint density at radius 1 is 1.56 bits per heavy atom. The van der Waals surface area contributed by atoms with E-state index in [1.165, 1.54) is 6.42 Å². The Kier molecular flexibility index (Phi) is 6.85. The Morgan fingerprint density at radius 3 is 2.83 bits per heavy atom. The van der Waals surface area contributed by atoms with Crippen molar-refractivity contribution in [1.82, 2.24) is 20.1 Å². The Bertz CT molecular complexity index is 350. The van der Waals surface area contributed by atoms with Gasteiger partial charge in [-0.05, 0) is 36.4 Å². The predicted molar refractivity (Wildman–Crippen MR) is 78.1 cm³/mol. The molecule has 18 heavy (non-hydrogen) atoms. The number of unbranched alkanes of at least 4 members (excludes halogenated alkanes) is 1. The number of hydrogen-bond acceptors (Lipinski definition) is 4. The molecule has 1 atom stereocenters. The molecule has 1 rings (SSSR count). The quantitative estimate of drug-likeness (QED) is 0.568. The van der Waals surface area contributed by atoms with Gasteiger partial charge in [0.1, 0.15) is 0 Å². The average Bonchev–Trinajstić information content (AvgIpc) is 2.70. The summed E-state index contributed by atoms with van der Waals surface area (Å²) in [5.41, 5.74) is 4.05. The van der Waals surface area contributed by atoms with Crippen LogP contribution in [0.1, 0.15) is 37.9 Å². The molecule has 6 heteroatoms. The van der Waals surface area contributed by atoms with E-state index in [-0.39, 0.29) is 6.04 Å². The Labute approximate surface area is 118 Å². The molecule has 1 aromatic rings. The van der Waals surface area contributed by atoms with Crippen LogP contribution in [0, 0.1) is 0 Å². The second-order valence-corrected chi connectivity index (χ2v) is 5.62. The number of nitrogens with one attached hydrogen (secondary N) is 1. The first kappa shape index (κ1) is 15.6. The van der Waals surface area contributed by atoms with Gasteiger partial charge in [0.05, 0.1) is 29.0 Å². The molecule has 0 amide bonds. The molecule has 0 aromatic carbocycles. The maximum absolute atomic E-state index is 5.68. The van der Waals surface area contributed by atoms with Gasteiger partial charge in [-0.25, -0.2) is 0 Å². The Hall–Kier alpha value is -0.430. The number of likely N-dealkylation sites (N-methyl/N-ethyl adjacent to an activating group) is 1. The van der Waals surface area contributed by atoms with Crippen molar-refractivity contribution >= 4 is 15.9 Å². The van der Waals surface area contributed by atoms with E-state index in [0.717, 1.165) is 36.1 Å². The zero-order chi connectivity index (χ0) is 13.5. The van der Waals surface area contributed by atoms with Crippen LogP contribution in [0.2, 0.25) is 0 Å². The van der Waals surface area contributed by atoms with Gasteiger partial charge in [-0.15, -0.1) is 0 Å². The van der Waals surface area contributed by atoms with E-state index in [4.69, 9.17) is 5.84 Å². The lowest BCUT2D eigenvalue weighted by Gasteiger charge is -2.19. The Morgan fingerprint density at radius 2 is 2.28 bits per heavy atom. The van der Waals surface area contributed by atoms with E-state index in [1.54, 1.807) is 0 Å². The average molecular weight is 318 g/mol. The molecule has 3 N–H and O–H groups in total. The van der Waals surface area contributed by atoms with E-state index in [2.05, 4.69) is 52.4 Å². The summed E-state index contributed by atoms with van der Waals surface area (Å²) < 4.78 is 3.06. The minimum absolute atomic E-state index is 0.156. The maximum atomic E-state index is 5.68. The Balaban J connectivity index is 2.80. The van der Waals surface area contributed by atoms with Crippen LogP contribution >= 0.6 is 15.9 Å². The molecule has 0 fully saturated rings. The molecule has 0 aliphatic rings. The highest BCUT2D eigenvalue weighted by molar-refractivity contribution is 9.10. The fraction of sp³-hybridized carbons (Fsp3) is 0.750. The number of hydrazine groups is 1. The highest BCUT2D eigenvalue weighted by Gasteiger charge is 2.18. The van der Waals surface area contributed by atoms with Gasteiger partial charge in [-0.2, -0.15) is 5.10 Å². The molecule has 0 bridgehead atoms. The van der Waals surface area contributed by atoms with E-state index in [9.17, 15) is 0 Å². The summed E-state index contributed by atoms with van der Waals surface area (Å²) in [6.07, 6.45) is 5.20. The van der Waals surface area contributed by atoms with Gasteiger partial charge in [-0.3, -0.25) is 16.0 Å². The van der Waals surface area contributed by atoms with Crippen molar-refractivity contribution in [2.24, 2.45) is 5.84 Å². The van der Waals surface area contributed by atoms with Crippen LogP contribution in [0.25, 0.3) is 0 Å². The zero-order valence-electron chi connectivity index (χ0n) is 11.5. The van der Waals surface area contributed by atoms with Crippen molar-refractivity contribution in [3.05, 3.63) is 16.4 Å². The van der Waals surface area contributed by atoms with E-state index < -0.39 is 0 Å². The summed E-state index contributed by atoms with van der Waals surface area (Å²) in [6, 6.07) is 0.156. The second kappa shape index (κ2) is 7.89. The first-order chi connectivity index (χ1) is 8.60. The van der Waals surface area contributed by atoms with Crippen LogP contribution in [0.3, 0.4) is 0 Å². The molecule has 0 saturated carbocycles. The number of nitrogens with two attached hydrogens (primary N) is 1. The summed E-state index contributed by atoms with van der Waals surface area (Å²) in [5.74, 6) is 5.68. The van der Waals surface area contributed by atoms with Gasteiger partial charge in [-0.1, -0.05) is 19.8 Å². The summed E-state index contributed by atoms with van der Waals surface area (Å²) in [5, 5.41) is 4.41. The largest absolute Gasteiger partial charge is 0.308 e. The molecule has 1 aromatic heterocycles. The molecule has 1 heterocycles. The number of nitrogens with zero attached hydrogens (tertiary/aromatic N) is 3. The van der Waals surface area contributed by atoms with Gasteiger partial charge >= 0.3 is 0 Å². The lowest BCUT2D eigenvalue weighted by molar-refractivity contribution is 0.358. The summed E-state index contributed by atoms with van der Waals surface area (Å²) in [4.78, 5) is 2.15. The summed E-state index contributed by atoms with van der Waals surface area (Å²) in [6.45, 7) is 4.02. The predicted octanol–water partition coefficient (Wildman–Crippen LogP) is 1.90. The molecule has 0 spiro atoms. The normalized spacial score (nSPS) is 13.2. The topological polar surface area (TPSA) is 59.1 Å². The van der Waals surface area contributed by atoms with Crippen molar-refractivity contribution in [2.75, 3.05) is 20.6 Å². The second-order valence-electron chi connectivity index (χ2n) is 4.77. The van der Waals surface area contributed by atoms with Crippen LogP contribution < -0.4 is 11.3 Å². The molecule has 0 saturated heterocycles. The van der Waals surface area contributed by atoms with Crippen LogP contribution in [0.5, 0.6) is 0 Å². The van der Waals surface area contributed by atoms with Gasteiger partial charge in [0.2, 0.25) is 0 Å². The van der Waals surface area contributed by atoms with E-state index in [0.29, 0.717) is 0 Å². The first-order valence-electron chi connectivity index (χ1n) is 6.42. The van der Waals surface area contributed by atoms with Gasteiger partial charge in [0.15, 0.2) is 0 Å². The third-order valence-electron chi connectivity index (χ3n) is 2.97. The third kappa shape index (κ3) is 4.35. The highest BCUT2D eigenvalue weighted by atomic mass is 79.9. The fourth-order valence-corrected chi connectivity index (χ4v) is 2.47. The number of rotatable bonds is 8. The minimum atomic E-state index is 0.156. The SMILES string of the molecule is CCCCC(NN)c1c(Br)cnn1CCN(C)C. The smallest absolute Gasteiger partial charge is 0.0709 e. The van der Waals surface area contributed by atoms with Crippen LogP contribution in [-0.2, 0) is 6.54 Å². The summed E-state index contributed by atoms with van der Waals surface area (Å²) >= 11 is 3.57. The van der Waals surface area contributed by atoms with Gasteiger partial charge in [0, 0.05) is 6.54 Å². The van der Waals surface area contributed by atoms with E-state index >= 15 is 0 Å². The van der Waals surface area contributed by atoms with Crippen molar-refractivity contribution in [2.45, 2.75) is 38.8 Å². The van der Waals surface area contributed by atoms with Crippen molar-refractivity contribution < 1.29 is 0 Å². The molecular weight excluding hydrogens is 294 g/mol. The lowest BCUT2D eigenvalue weighted by atomic mass is 10.1. The van der Waals surface area contributed by atoms with E-state index in [1.807, 2.05) is 10.9 Å². The molecule has 0 aliphatic carbocycles. The third-order valence-corrected chi connectivity index (χ3v) is 3.58. The minimum Gasteiger partial charge on any atom is -0.308 e. The van der Waals surface area contributed by atoms with Crippen LogP contribution in [-0.4, -0.2) is 35.3 Å². The zero-order valence-corrected chi connectivity index (χ0v) is 13.1. The van der Waals surface area contributed by atoms with Gasteiger partial charge < -0.3 is 4.90 Å². The molecule has 5 nitrogen and oxygen atoms in total. The van der Waals surface area contributed by atoms with Crippen molar-refractivity contribution in [1.29, 1.82) is 0 Å². The number of halogens is 1. The standard InChI is InChI=1S/C12H24BrN5/c1-4-5-6-11(16-14)12-10(13)9-15-18(12)8-7-17(2)3/h9,11,16H,4-8,14H2,1-3H3. The molecule has 1 unspecified atom stereocenters.